The van der Waals surface area contributed by atoms with Crippen LogP contribution in [-0.2, 0) is 14.3 Å². The van der Waals surface area contributed by atoms with Crippen molar-refractivity contribution in [2.24, 2.45) is 0 Å². The lowest BCUT2D eigenvalue weighted by atomic mass is 10.1. The number of benzene rings is 2. The number of amides is 2. The van der Waals surface area contributed by atoms with Crippen LogP contribution in [0.25, 0.3) is 10.9 Å². The van der Waals surface area contributed by atoms with Crippen molar-refractivity contribution in [2.45, 2.75) is 12.1 Å². The van der Waals surface area contributed by atoms with Gasteiger partial charge in [-0.15, -0.1) is 0 Å². The van der Waals surface area contributed by atoms with Gasteiger partial charge in [0.2, 0.25) is 0 Å². The summed E-state index contributed by atoms with van der Waals surface area (Å²) in [6, 6.07) is 6.77. The Morgan fingerprint density at radius 3 is 2.92 bits per heavy atom. The summed E-state index contributed by atoms with van der Waals surface area (Å²) >= 11 is 5.92. The van der Waals surface area contributed by atoms with E-state index < -0.39 is 23.9 Å². The van der Waals surface area contributed by atoms with Crippen LogP contribution in [0.3, 0.4) is 0 Å². The van der Waals surface area contributed by atoms with Gasteiger partial charge in [0.1, 0.15) is 43.0 Å². The second-order valence-corrected chi connectivity index (χ2v) is 9.05. The topological polar surface area (TPSA) is 127 Å². The molecule has 37 heavy (non-hydrogen) atoms. The summed E-state index contributed by atoms with van der Waals surface area (Å²) in [7, 11) is 2.00. The van der Waals surface area contributed by atoms with Gasteiger partial charge in [-0.1, -0.05) is 11.6 Å². The van der Waals surface area contributed by atoms with E-state index in [1.165, 1.54) is 24.5 Å². The first kappa shape index (κ1) is 24.9. The minimum atomic E-state index is -0.847. The number of nitrogens with one attached hydrogen (secondary N) is 3. The normalized spacial score (nSPS) is 19.8. The molecule has 0 unspecified atom stereocenters. The Morgan fingerprint density at radius 2 is 2.16 bits per heavy atom. The zero-order valence-corrected chi connectivity index (χ0v) is 20.5. The molecule has 1 aromatic heterocycles. The van der Waals surface area contributed by atoms with E-state index in [4.69, 9.17) is 25.8 Å². The van der Waals surface area contributed by atoms with Gasteiger partial charge in [0.15, 0.2) is 0 Å². The number of carbonyl (C=O) groups excluding carboxylic acids is 2. The van der Waals surface area contributed by atoms with Crippen LogP contribution in [0.2, 0.25) is 5.02 Å². The van der Waals surface area contributed by atoms with Gasteiger partial charge in [0.25, 0.3) is 5.91 Å². The molecule has 0 saturated carbocycles. The van der Waals surface area contributed by atoms with Crippen LogP contribution < -0.4 is 20.7 Å². The molecule has 11 nitrogen and oxygen atoms in total. The van der Waals surface area contributed by atoms with E-state index in [2.05, 4.69) is 30.8 Å². The molecule has 2 amide bonds. The summed E-state index contributed by atoms with van der Waals surface area (Å²) in [5.41, 5.74) is 1.42. The number of hydrogen-bond donors (Lipinski definition) is 3. The number of hydrogen-bond acceptors (Lipinski definition) is 9. The van der Waals surface area contributed by atoms with E-state index in [-0.39, 0.29) is 17.7 Å². The largest absolute Gasteiger partial charge is 0.490 e. The number of rotatable bonds is 7. The average molecular weight is 531 g/mol. The van der Waals surface area contributed by atoms with E-state index in [0.717, 1.165) is 6.54 Å². The molecule has 2 aliphatic rings. The summed E-state index contributed by atoms with van der Waals surface area (Å²) in [4.78, 5) is 35.1. The van der Waals surface area contributed by atoms with Crippen LogP contribution >= 0.6 is 11.6 Å². The van der Waals surface area contributed by atoms with Crippen LogP contribution in [-0.4, -0.2) is 79.0 Å². The molecule has 3 N–H and O–H groups in total. The lowest BCUT2D eigenvalue weighted by Crippen LogP contribution is -2.46. The van der Waals surface area contributed by atoms with Gasteiger partial charge in [0.05, 0.1) is 35.5 Å². The highest BCUT2D eigenvalue weighted by atomic mass is 35.5. The Bertz CT molecular complexity index is 1340. The fourth-order valence-corrected chi connectivity index (χ4v) is 4.14. The van der Waals surface area contributed by atoms with E-state index in [1.807, 2.05) is 7.05 Å². The molecule has 13 heteroatoms. The van der Waals surface area contributed by atoms with E-state index in [0.29, 0.717) is 53.7 Å². The van der Waals surface area contributed by atoms with Gasteiger partial charge in [-0.05, 0) is 31.3 Å². The Morgan fingerprint density at radius 1 is 1.30 bits per heavy atom. The first-order valence-corrected chi connectivity index (χ1v) is 11.9. The molecule has 2 atom stereocenters. The fraction of sp³-hybridized carbons (Fsp3) is 0.333. The molecular formula is C24H24ClFN6O5. The number of likely N-dealkylation sites (N-methyl/N-ethyl adjacent to an activating group) is 1. The summed E-state index contributed by atoms with van der Waals surface area (Å²) in [6.45, 7) is 2.20. The maximum absolute atomic E-state index is 13.6. The molecule has 2 saturated heterocycles. The van der Waals surface area contributed by atoms with Crippen molar-refractivity contribution < 1.29 is 28.2 Å². The van der Waals surface area contributed by atoms with Crippen molar-refractivity contribution in [3.63, 3.8) is 0 Å². The molecule has 2 aromatic carbocycles. The standard InChI is InChI=1S/C24H24ClFN6O5/c1-32-4-5-35-9-14(32)10-36-21-8-18-15(7-19(21)30-23(33)20-11-37-24(34)31-20)22(28-12-27-18)29-13-2-3-17(26)16(25)6-13/h2-3,6-8,12,14,20H,4-5,9-11H2,1H3,(H,30,33)(H,31,34)(H,27,28,29)/t14-,20+/m1/s1. The lowest BCUT2D eigenvalue weighted by Gasteiger charge is -2.32. The molecule has 2 aliphatic heterocycles. The third-order valence-electron chi connectivity index (χ3n) is 6.12. The van der Waals surface area contributed by atoms with Crippen molar-refractivity contribution in [3.8, 4) is 5.75 Å². The molecular weight excluding hydrogens is 507 g/mol. The Hall–Kier alpha value is -3.74. The van der Waals surface area contributed by atoms with Crippen LogP contribution in [0.15, 0.2) is 36.7 Å². The van der Waals surface area contributed by atoms with Crippen molar-refractivity contribution in [1.82, 2.24) is 20.2 Å². The fourth-order valence-electron chi connectivity index (χ4n) is 3.96. The summed E-state index contributed by atoms with van der Waals surface area (Å²) in [5.74, 6) is -0.208. The Kier molecular flexibility index (Phi) is 7.22. The van der Waals surface area contributed by atoms with Crippen molar-refractivity contribution in [3.05, 3.63) is 47.5 Å². The minimum Gasteiger partial charge on any atom is -0.490 e. The number of nitrogens with zero attached hydrogens (tertiary/aromatic N) is 3. The lowest BCUT2D eigenvalue weighted by molar-refractivity contribution is -0.117. The molecule has 3 aromatic rings. The maximum atomic E-state index is 13.6. The van der Waals surface area contributed by atoms with E-state index in [1.54, 1.807) is 12.1 Å². The zero-order chi connectivity index (χ0) is 25.9. The number of carbonyl (C=O) groups is 2. The summed E-state index contributed by atoms with van der Waals surface area (Å²) in [6.07, 6.45) is 0.722. The molecule has 0 bridgehead atoms. The molecule has 2 fully saturated rings. The number of cyclic esters (lactones) is 1. The van der Waals surface area contributed by atoms with Gasteiger partial charge >= 0.3 is 6.09 Å². The SMILES string of the molecule is CN1CCOC[C@@H]1COc1cc2ncnc(Nc3ccc(F)c(Cl)c3)c2cc1NC(=O)[C@@H]1COC(=O)N1. The molecule has 5 rings (SSSR count). The van der Waals surface area contributed by atoms with Crippen LogP contribution in [0.4, 0.5) is 26.4 Å². The number of morpholine rings is 1. The number of ether oxygens (including phenoxy) is 3. The smallest absolute Gasteiger partial charge is 0.407 e. The second kappa shape index (κ2) is 10.7. The average Bonchev–Trinajstić information content (AvgIpc) is 3.32. The van der Waals surface area contributed by atoms with Crippen molar-refractivity contribution in [1.29, 1.82) is 0 Å². The Balaban J connectivity index is 1.47. The zero-order valence-electron chi connectivity index (χ0n) is 19.8. The van der Waals surface area contributed by atoms with Gasteiger partial charge in [-0.25, -0.2) is 19.2 Å². The number of aromatic nitrogens is 2. The maximum Gasteiger partial charge on any atom is 0.407 e. The highest BCUT2D eigenvalue weighted by molar-refractivity contribution is 6.31. The summed E-state index contributed by atoms with van der Waals surface area (Å²) in [5, 5.41) is 8.91. The molecule has 0 radical (unpaired) electrons. The van der Waals surface area contributed by atoms with Crippen LogP contribution in [0, 0.1) is 5.82 Å². The van der Waals surface area contributed by atoms with E-state index in [9.17, 15) is 14.0 Å². The third kappa shape index (κ3) is 5.66. The second-order valence-electron chi connectivity index (χ2n) is 8.65. The highest BCUT2D eigenvalue weighted by Gasteiger charge is 2.30. The predicted octanol–water partition coefficient (Wildman–Crippen LogP) is 2.92. The Labute approximate surface area is 216 Å². The first-order valence-electron chi connectivity index (χ1n) is 11.5. The third-order valence-corrected chi connectivity index (χ3v) is 6.41. The quantitative estimate of drug-likeness (QED) is 0.422. The minimum absolute atomic E-state index is 0.0290. The van der Waals surface area contributed by atoms with Gasteiger partial charge < -0.3 is 30.2 Å². The number of halogens is 2. The van der Waals surface area contributed by atoms with E-state index >= 15 is 0 Å². The number of fused-ring (bicyclic) bond motifs is 1. The van der Waals surface area contributed by atoms with Gasteiger partial charge in [0, 0.05) is 23.7 Å². The predicted molar refractivity (Wildman–Crippen MR) is 134 cm³/mol. The van der Waals surface area contributed by atoms with Crippen molar-refractivity contribution in [2.75, 3.05) is 50.7 Å². The highest BCUT2D eigenvalue weighted by Crippen LogP contribution is 2.34. The molecule has 0 aliphatic carbocycles. The van der Waals surface area contributed by atoms with Gasteiger partial charge in [-0.3, -0.25) is 9.69 Å². The van der Waals surface area contributed by atoms with Crippen molar-refractivity contribution >= 4 is 51.7 Å². The van der Waals surface area contributed by atoms with Crippen LogP contribution in [0.5, 0.6) is 5.75 Å². The summed E-state index contributed by atoms with van der Waals surface area (Å²) < 4.78 is 30.1. The van der Waals surface area contributed by atoms with Gasteiger partial charge in [-0.2, -0.15) is 0 Å². The van der Waals surface area contributed by atoms with Crippen LogP contribution in [0.1, 0.15) is 0 Å². The molecule has 3 heterocycles. The number of anilines is 3. The monoisotopic (exact) mass is 530 g/mol. The number of alkyl carbamates (subject to hydrolysis) is 1. The first-order chi connectivity index (χ1) is 17.9. The molecule has 0 spiro atoms. The molecule has 194 valence electrons.